The number of hydrogen-bond acceptors (Lipinski definition) is 2. The predicted octanol–water partition coefficient (Wildman–Crippen LogP) is 2.61. The van der Waals surface area contributed by atoms with Crippen LogP contribution >= 0.6 is 0 Å². The summed E-state index contributed by atoms with van der Waals surface area (Å²) in [7, 11) is 0. The lowest BCUT2D eigenvalue weighted by Crippen LogP contribution is -2.24. The minimum atomic E-state index is 0.545. The van der Waals surface area contributed by atoms with Crippen molar-refractivity contribution in [3.8, 4) is 0 Å². The lowest BCUT2D eigenvalue weighted by molar-refractivity contribution is 0.208. The summed E-state index contributed by atoms with van der Waals surface area (Å²) in [6.07, 6.45) is 8.08. The Labute approximate surface area is 97.7 Å². The number of epoxide rings is 2. The Balaban J connectivity index is 1.32. The highest BCUT2D eigenvalue weighted by Gasteiger charge is 2.63. The van der Waals surface area contributed by atoms with Gasteiger partial charge in [-0.05, 0) is 56.3 Å². The Bertz CT molecular complexity index is 303. The monoisotopic (exact) mass is 222 g/mol. The van der Waals surface area contributed by atoms with Crippen LogP contribution in [-0.2, 0) is 9.47 Å². The second-order valence-corrected chi connectivity index (χ2v) is 6.56. The lowest BCUT2D eigenvalue weighted by Gasteiger charge is -2.26. The van der Waals surface area contributed by atoms with Gasteiger partial charge in [-0.2, -0.15) is 0 Å². The first kappa shape index (κ1) is 9.90. The normalized spacial score (nSPS) is 58.5. The summed E-state index contributed by atoms with van der Waals surface area (Å²) < 4.78 is 11.2. The second kappa shape index (κ2) is 3.23. The van der Waals surface area contributed by atoms with Crippen LogP contribution in [-0.4, -0.2) is 24.4 Å². The van der Waals surface area contributed by atoms with Gasteiger partial charge in [-0.15, -0.1) is 0 Å². The van der Waals surface area contributed by atoms with Crippen molar-refractivity contribution >= 4 is 0 Å². The van der Waals surface area contributed by atoms with Gasteiger partial charge in [-0.1, -0.05) is 6.92 Å². The topological polar surface area (TPSA) is 25.1 Å². The molecule has 2 bridgehead atoms. The van der Waals surface area contributed by atoms with Crippen molar-refractivity contribution in [2.45, 2.75) is 63.9 Å². The SMILES string of the molecule is CC(CCC1OC1C)C1CC2CC1C1OC21. The van der Waals surface area contributed by atoms with Crippen molar-refractivity contribution in [1.82, 2.24) is 0 Å². The van der Waals surface area contributed by atoms with Crippen molar-refractivity contribution in [3.63, 3.8) is 0 Å². The van der Waals surface area contributed by atoms with Crippen LogP contribution in [0, 0.1) is 23.7 Å². The van der Waals surface area contributed by atoms with E-state index in [9.17, 15) is 0 Å². The lowest BCUT2D eigenvalue weighted by atomic mass is 9.78. The van der Waals surface area contributed by atoms with Gasteiger partial charge < -0.3 is 9.47 Å². The van der Waals surface area contributed by atoms with E-state index in [2.05, 4.69) is 13.8 Å². The number of hydrogen-bond donors (Lipinski definition) is 0. The molecule has 2 heteroatoms. The molecule has 0 N–H and O–H groups in total. The maximum absolute atomic E-state index is 5.75. The van der Waals surface area contributed by atoms with Gasteiger partial charge in [0.05, 0.1) is 24.4 Å². The molecule has 0 amide bonds. The van der Waals surface area contributed by atoms with Crippen LogP contribution in [0.3, 0.4) is 0 Å². The molecule has 4 aliphatic rings. The van der Waals surface area contributed by atoms with Crippen LogP contribution in [0.5, 0.6) is 0 Å². The summed E-state index contributed by atoms with van der Waals surface area (Å²) >= 11 is 0. The molecule has 2 saturated heterocycles. The fraction of sp³-hybridized carbons (Fsp3) is 1.00. The zero-order valence-corrected chi connectivity index (χ0v) is 10.3. The van der Waals surface area contributed by atoms with Crippen LogP contribution in [0.4, 0.5) is 0 Å². The van der Waals surface area contributed by atoms with Crippen LogP contribution in [0.25, 0.3) is 0 Å². The molecule has 0 radical (unpaired) electrons. The zero-order valence-electron chi connectivity index (χ0n) is 10.3. The first-order valence-electron chi connectivity index (χ1n) is 7.05. The smallest absolute Gasteiger partial charge is 0.0875 e. The van der Waals surface area contributed by atoms with Gasteiger partial charge in [0.1, 0.15) is 0 Å². The highest BCUT2D eigenvalue weighted by molar-refractivity contribution is 5.11. The summed E-state index contributed by atoms with van der Waals surface area (Å²) in [5, 5.41) is 0. The van der Waals surface area contributed by atoms with Crippen LogP contribution in [0.1, 0.15) is 39.5 Å². The zero-order chi connectivity index (χ0) is 10.9. The fourth-order valence-corrected chi connectivity index (χ4v) is 4.48. The van der Waals surface area contributed by atoms with Gasteiger partial charge in [0, 0.05) is 0 Å². The van der Waals surface area contributed by atoms with Crippen molar-refractivity contribution in [3.05, 3.63) is 0 Å². The van der Waals surface area contributed by atoms with E-state index >= 15 is 0 Å². The standard InChI is InChI=1S/C14H22O2/c1-7(3-4-12-8(2)15-12)10-5-9-6-11(10)14-13(9)16-14/h7-14H,3-6H2,1-2H3. The van der Waals surface area contributed by atoms with Gasteiger partial charge >= 0.3 is 0 Å². The van der Waals surface area contributed by atoms with E-state index in [0.29, 0.717) is 24.4 Å². The highest BCUT2D eigenvalue weighted by atomic mass is 16.6. The second-order valence-electron chi connectivity index (χ2n) is 6.56. The predicted molar refractivity (Wildman–Crippen MR) is 61.1 cm³/mol. The van der Waals surface area contributed by atoms with E-state index in [1.165, 1.54) is 25.7 Å². The molecular weight excluding hydrogens is 200 g/mol. The average Bonchev–Trinajstić information content (AvgIpc) is 3.15. The molecule has 2 heterocycles. The van der Waals surface area contributed by atoms with Gasteiger partial charge in [0.15, 0.2) is 0 Å². The number of rotatable bonds is 4. The van der Waals surface area contributed by atoms with E-state index in [0.717, 1.165) is 23.7 Å². The van der Waals surface area contributed by atoms with Crippen molar-refractivity contribution in [1.29, 1.82) is 0 Å². The number of ether oxygens (including phenoxy) is 2. The molecule has 0 aromatic heterocycles. The third-order valence-corrected chi connectivity index (χ3v) is 5.62. The molecule has 0 aromatic carbocycles. The Kier molecular flexibility index (Phi) is 2.00. The van der Waals surface area contributed by atoms with Gasteiger partial charge in [0.25, 0.3) is 0 Å². The van der Waals surface area contributed by atoms with E-state index < -0.39 is 0 Å². The maximum atomic E-state index is 5.75. The van der Waals surface area contributed by atoms with Gasteiger partial charge in [-0.3, -0.25) is 0 Å². The summed E-state index contributed by atoms with van der Waals surface area (Å²) in [6.45, 7) is 4.64. The molecule has 4 fully saturated rings. The van der Waals surface area contributed by atoms with E-state index in [4.69, 9.17) is 9.47 Å². The van der Waals surface area contributed by atoms with Crippen LogP contribution < -0.4 is 0 Å². The molecule has 8 atom stereocenters. The largest absolute Gasteiger partial charge is 0.370 e. The molecule has 90 valence electrons. The molecule has 2 nitrogen and oxygen atoms in total. The Morgan fingerprint density at radius 1 is 1.19 bits per heavy atom. The summed E-state index contributed by atoms with van der Waals surface area (Å²) in [5.41, 5.74) is 0. The first-order chi connectivity index (χ1) is 7.74. The Morgan fingerprint density at radius 3 is 2.62 bits per heavy atom. The van der Waals surface area contributed by atoms with Gasteiger partial charge in [-0.25, -0.2) is 0 Å². The summed E-state index contributed by atoms with van der Waals surface area (Å²) in [6, 6.07) is 0. The first-order valence-corrected chi connectivity index (χ1v) is 7.05. The van der Waals surface area contributed by atoms with Crippen molar-refractivity contribution in [2.24, 2.45) is 23.7 Å². The van der Waals surface area contributed by atoms with Gasteiger partial charge in [0.2, 0.25) is 0 Å². The van der Waals surface area contributed by atoms with E-state index in [1.807, 2.05) is 0 Å². The Hall–Kier alpha value is -0.0800. The molecule has 0 spiro atoms. The molecular formula is C14H22O2. The third-order valence-electron chi connectivity index (χ3n) is 5.62. The summed E-state index contributed by atoms with van der Waals surface area (Å²) in [5.74, 6) is 3.69. The molecule has 0 aromatic rings. The average molecular weight is 222 g/mol. The molecule has 2 aliphatic heterocycles. The van der Waals surface area contributed by atoms with E-state index in [-0.39, 0.29) is 0 Å². The van der Waals surface area contributed by atoms with Crippen molar-refractivity contribution < 1.29 is 9.47 Å². The molecule has 16 heavy (non-hydrogen) atoms. The van der Waals surface area contributed by atoms with Crippen LogP contribution in [0.15, 0.2) is 0 Å². The van der Waals surface area contributed by atoms with E-state index in [1.54, 1.807) is 0 Å². The Morgan fingerprint density at radius 2 is 2.00 bits per heavy atom. The van der Waals surface area contributed by atoms with Crippen molar-refractivity contribution in [2.75, 3.05) is 0 Å². The molecule has 2 aliphatic carbocycles. The highest BCUT2D eigenvalue weighted by Crippen LogP contribution is 2.60. The van der Waals surface area contributed by atoms with Crippen LogP contribution in [0.2, 0.25) is 0 Å². The maximum Gasteiger partial charge on any atom is 0.0875 e. The molecule has 2 saturated carbocycles. The minimum absolute atomic E-state index is 0.545. The summed E-state index contributed by atoms with van der Waals surface area (Å²) in [4.78, 5) is 0. The number of fused-ring (bicyclic) bond motifs is 5. The third kappa shape index (κ3) is 1.39. The molecule has 4 rings (SSSR count). The fourth-order valence-electron chi connectivity index (χ4n) is 4.48. The quantitative estimate of drug-likeness (QED) is 0.683. The minimum Gasteiger partial charge on any atom is -0.370 e. The molecule has 8 unspecified atom stereocenters.